The minimum absolute atomic E-state index is 0.0260. The SMILES string of the molecule is N#Cc1[nH]n(-c2ccccc2)c(=O)c1N=Nc1ccc(Cc2cc(C(=O)O)cc([N+](=O)OSc3ccc(NNc4c(C#N)[nH]n(-c5ccccc5)c4=O)cc3)c2)cc1. The third-order valence-electron chi connectivity index (χ3n) is 8.44. The molecule has 7 aromatic rings. The van der Waals surface area contributed by atoms with Gasteiger partial charge in [0.25, 0.3) is 16.0 Å². The molecule has 0 unspecified atom stereocenters. The summed E-state index contributed by atoms with van der Waals surface area (Å²) in [5, 5.41) is 42.5. The van der Waals surface area contributed by atoms with Gasteiger partial charge in [-0.1, -0.05) is 48.5 Å². The number of para-hydroxylation sites is 2. The number of nitrogens with one attached hydrogen (secondary N) is 4. The van der Waals surface area contributed by atoms with Gasteiger partial charge < -0.3 is 10.5 Å². The molecule has 0 saturated heterocycles. The highest BCUT2D eigenvalue weighted by atomic mass is 32.2. The van der Waals surface area contributed by atoms with Crippen LogP contribution in [0.2, 0.25) is 0 Å². The molecule has 0 amide bonds. The highest BCUT2D eigenvalue weighted by molar-refractivity contribution is 7.94. The number of nitriles is 2. The van der Waals surface area contributed by atoms with E-state index < -0.39 is 17.1 Å². The third-order valence-corrected chi connectivity index (χ3v) is 9.12. The van der Waals surface area contributed by atoms with Gasteiger partial charge in [0.1, 0.15) is 12.1 Å². The molecule has 0 fully saturated rings. The van der Waals surface area contributed by atoms with Crippen LogP contribution in [0.15, 0.2) is 152 Å². The molecule has 0 atom stereocenters. The number of nitrogens with zero attached hydrogens (tertiary/aromatic N) is 7. The van der Waals surface area contributed by atoms with Crippen LogP contribution in [-0.2, 0) is 10.7 Å². The summed E-state index contributed by atoms with van der Waals surface area (Å²) in [6, 6.07) is 39.0. The largest absolute Gasteiger partial charge is 0.478 e. The van der Waals surface area contributed by atoms with Crippen molar-refractivity contribution in [1.29, 1.82) is 10.5 Å². The van der Waals surface area contributed by atoms with Gasteiger partial charge in [0.2, 0.25) is 0 Å². The molecule has 284 valence electrons. The first kappa shape index (κ1) is 37.8. The average Bonchev–Trinajstić information content (AvgIpc) is 3.76. The maximum Gasteiger partial charge on any atom is 0.335 e. The highest BCUT2D eigenvalue weighted by Crippen LogP contribution is 2.27. The van der Waals surface area contributed by atoms with Crippen molar-refractivity contribution in [3.63, 3.8) is 0 Å². The zero-order valence-corrected chi connectivity index (χ0v) is 30.7. The minimum Gasteiger partial charge on any atom is -0.478 e. The molecular formula is C40H28N11O6S+. The van der Waals surface area contributed by atoms with E-state index in [0.29, 0.717) is 33.2 Å². The molecule has 18 heteroatoms. The van der Waals surface area contributed by atoms with Gasteiger partial charge in [-0.15, -0.1) is 9.40 Å². The number of benzene rings is 5. The van der Waals surface area contributed by atoms with Crippen molar-refractivity contribution >= 4 is 46.4 Å². The first-order valence-electron chi connectivity index (χ1n) is 17.1. The van der Waals surface area contributed by atoms with Crippen LogP contribution in [0.4, 0.5) is 28.4 Å². The lowest BCUT2D eigenvalue weighted by Gasteiger charge is -2.07. The summed E-state index contributed by atoms with van der Waals surface area (Å²) in [5.41, 5.74) is 7.71. The standard InChI is InChI=1S/C40H27N11O6S/c41-23-34-36(38(52)49(47-34)30-7-3-1-4-8-30)45-43-28-13-11-25(12-14-28)19-26-20-27(40(54)55)22-32(21-26)51(56)57-58-33-17-15-29(16-18-33)44-46-37-35(24-42)48-50(39(37)53)31-9-5-2-6-10-31/h1-18,20-22H,19H2,(H4-,43,44,45,46,47,48,52,53,54,55)/p+1. The number of hydrazine groups is 1. The van der Waals surface area contributed by atoms with Crippen LogP contribution in [0.3, 0.4) is 0 Å². The van der Waals surface area contributed by atoms with E-state index in [1.165, 1.54) is 27.6 Å². The zero-order valence-electron chi connectivity index (χ0n) is 29.9. The molecule has 2 heterocycles. The smallest absolute Gasteiger partial charge is 0.335 e. The van der Waals surface area contributed by atoms with Crippen LogP contribution in [0.1, 0.15) is 32.9 Å². The van der Waals surface area contributed by atoms with Crippen molar-refractivity contribution in [1.82, 2.24) is 19.6 Å². The molecule has 0 aliphatic carbocycles. The lowest BCUT2D eigenvalue weighted by Crippen LogP contribution is -2.20. The maximum absolute atomic E-state index is 13.0. The van der Waals surface area contributed by atoms with Gasteiger partial charge in [0.15, 0.2) is 34.8 Å². The lowest BCUT2D eigenvalue weighted by molar-refractivity contribution is -0.694. The van der Waals surface area contributed by atoms with E-state index in [1.54, 1.807) is 103 Å². The van der Waals surface area contributed by atoms with E-state index in [0.717, 1.165) is 17.6 Å². The summed E-state index contributed by atoms with van der Waals surface area (Å²) >= 11 is 0.744. The van der Waals surface area contributed by atoms with Crippen molar-refractivity contribution in [3.8, 4) is 23.5 Å². The van der Waals surface area contributed by atoms with Crippen LogP contribution in [-0.4, -0.2) is 35.6 Å². The Balaban J connectivity index is 0.977. The summed E-state index contributed by atoms with van der Waals surface area (Å²) in [4.78, 5) is 51.7. The maximum atomic E-state index is 13.0. The number of hydrogen-bond donors (Lipinski definition) is 5. The highest BCUT2D eigenvalue weighted by Gasteiger charge is 2.23. The fraction of sp³-hybridized carbons (Fsp3) is 0.0250. The fourth-order valence-electron chi connectivity index (χ4n) is 5.63. The second kappa shape index (κ2) is 16.9. The first-order chi connectivity index (χ1) is 28.2. The van der Waals surface area contributed by atoms with Gasteiger partial charge in [0.05, 0.1) is 38.1 Å². The summed E-state index contributed by atoms with van der Waals surface area (Å²) < 4.78 is 7.82. The third kappa shape index (κ3) is 8.42. The summed E-state index contributed by atoms with van der Waals surface area (Å²) in [6.07, 6.45) is 0.256. The van der Waals surface area contributed by atoms with Crippen molar-refractivity contribution in [3.05, 3.63) is 181 Å². The topological polar surface area (TPSA) is 239 Å². The molecule has 0 radical (unpaired) electrons. The number of hydrogen-bond acceptors (Lipinski definition) is 12. The normalized spacial score (nSPS) is 10.8. The molecule has 5 aromatic carbocycles. The number of aromatic nitrogens is 4. The zero-order chi connectivity index (χ0) is 40.6. The number of carboxylic acids is 1. The Morgan fingerprint density at radius 3 is 2.00 bits per heavy atom. The molecule has 0 saturated carbocycles. The molecule has 17 nitrogen and oxygen atoms in total. The Bertz CT molecular complexity index is 2870. The number of aromatic carboxylic acids is 1. The molecule has 2 aromatic heterocycles. The molecule has 5 N–H and O–H groups in total. The molecule has 0 spiro atoms. The fourth-order valence-corrected chi connectivity index (χ4v) is 6.12. The van der Waals surface area contributed by atoms with Crippen molar-refractivity contribution < 1.29 is 19.1 Å². The summed E-state index contributed by atoms with van der Waals surface area (Å²) in [6.45, 7) is 0. The van der Waals surface area contributed by atoms with E-state index >= 15 is 0 Å². The second-order valence-corrected chi connectivity index (χ2v) is 13.1. The Morgan fingerprint density at radius 2 is 1.38 bits per heavy atom. The van der Waals surface area contributed by atoms with Gasteiger partial charge in [-0.3, -0.25) is 25.2 Å². The number of carboxylic acid groups (broad SMARTS) is 1. The van der Waals surface area contributed by atoms with Crippen LogP contribution in [0.5, 0.6) is 0 Å². The lowest BCUT2D eigenvalue weighted by atomic mass is 10.0. The Kier molecular flexibility index (Phi) is 11.0. The quantitative estimate of drug-likeness (QED) is 0.0409. The second-order valence-electron chi connectivity index (χ2n) is 12.3. The van der Waals surface area contributed by atoms with Gasteiger partial charge in [-0.05, 0) is 84.3 Å². The summed E-state index contributed by atoms with van der Waals surface area (Å²) in [7, 11) is 0. The van der Waals surface area contributed by atoms with Crippen molar-refractivity contribution in [2.24, 2.45) is 10.2 Å². The van der Waals surface area contributed by atoms with Gasteiger partial charge in [-0.25, -0.2) is 14.2 Å². The Labute approximate surface area is 331 Å². The average molecular weight is 791 g/mol. The number of aromatic amines is 2. The van der Waals surface area contributed by atoms with Crippen LogP contribution < -0.4 is 22.0 Å². The first-order valence-corrected chi connectivity index (χ1v) is 17.9. The summed E-state index contributed by atoms with van der Waals surface area (Å²) in [5.74, 6) is -1.23. The van der Waals surface area contributed by atoms with E-state index in [-0.39, 0.29) is 45.4 Å². The number of rotatable bonds is 14. The monoisotopic (exact) mass is 790 g/mol. The van der Waals surface area contributed by atoms with E-state index in [4.69, 9.17) is 4.28 Å². The van der Waals surface area contributed by atoms with Crippen LogP contribution in [0.25, 0.3) is 11.4 Å². The van der Waals surface area contributed by atoms with E-state index in [9.17, 15) is 34.9 Å². The number of carbonyl (C=O) groups is 1. The molecular weight excluding hydrogens is 763 g/mol. The Hall–Kier alpha value is -8.48. The minimum atomic E-state index is -1.23. The molecule has 7 rings (SSSR count). The van der Waals surface area contributed by atoms with Gasteiger partial charge >= 0.3 is 11.7 Å². The van der Waals surface area contributed by atoms with Crippen molar-refractivity contribution in [2.45, 2.75) is 11.3 Å². The molecule has 0 bridgehead atoms. The van der Waals surface area contributed by atoms with Crippen LogP contribution in [0, 0.1) is 27.6 Å². The Morgan fingerprint density at radius 1 is 0.759 bits per heavy atom. The van der Waals surface area contributed by atoms with E-state index in [2.05, 4.69) is 31.3 Å². The molecule has 58 heavy (non-hydrogen) atoms. The van der Waals surface area contributed by atoms with E-state index in [1.807, 2.05) is 18.2 Å². The molecule has 0 aliphatic heterocycles. The number of anilines is 2. The van der Waals surface area contributed by atoms with Crippen LogP contribution >= 0.6 is 12.0 Å². The molecule has 0 aliphatic rings. The van der Waals surface area contributed by atoms with Gasteiger partial charge in [-0.2, -0.15) is 15.6 Å². The predicted octanol–water partition coefficient (Wildman–Crippen LogP) is 7.58. The van der Waals surface area contributed by atoms with Crippen molar-refractivity contribution in [2.75, 3.05) is 10.9 Å². The predicted molar refractivity (Wildman–Crippen MR) is 213 cm³/mol. The number of H-pyrrole nitrogens is 2. The van der Waals surface area contributed by atoms with Gasteiger partial charge in [0, 0.05) is 12.1 Å². The number of azo groups is 1.